The van der Waals surface area contributed by atoms with Crippen LogP contribution in [0.2, 0.25) is 0 Å². The zero-order chi connectivity index (χ0) is 19.6. The van der Waals surface area contributed by atoms with Crippen LogP contribution < -0.4 is 10.2 Å². The zero-order valence-corrected chi connectivity index (χ0v) is 15.4. The van der Waals surface area contributed by atoms with E-state index in [0.29, 0.717) is 24.7 Å². The van der Waals surface area contributed by atoms with Gasteiger partial charge in [-0.05, 0) is 42.4 Å². The van der Waals surface area contributed by atoms with E-state index >= 15 is 0 Å². The van der Waals surface area contributed by atoms with Gasteiger partial charge in [0.2, 0.25) is 5.76 Å². The molecule has 0 saturated heterocycles. The molecule has 0 bridgehead atoms. The van der Waals surface area contributed by atoms with Gasteiger partial charge in [0, 0.05) is 25.8 Å². The highest BCUT2D eigenvalue weighted by Crippen LogP contribution is 2.36. The number of hydrogen-bond donors (Lipinski definition) is 1. The number of anilines is 1. The largest absolute Gasteiger partial charge is 0.466 e. The first-order chi connectivity index (χ1) is 12.7. The van der Waals surface area contributed by atoms with Crippen molar-refractivity contribution in [1.29, 1.82) is 0 Å². The summed E-state index contributed by atoms with van der Waals surface area (Å²) in [6, 6.07) is 6.90. The average molecular weight is 383 g/mol. The Balaban J connectivity index is 1.51. The van der Waals surface area contributed by atoms with E-state index in [4.69, 9.17) is 0 Å². The average Bonchev–Trinajstić information content (AvgIpc) is 3.35. The van der Waals surface area contributed by atoms with Crippen LogP contribution in [0.25, 0.3) is 0 Å². The van der Waals surface area contributed by atoms with Gasteiger partial charge in [-0.15, -0.1) is 0 Å². The number of allylic oxidation sites excluding steroid dienone is 1. The third-order valence-electron chi connectivity index (χ3n) is 4.95. The number of urea groups is 1. The Morgan fingerprint density at radius 1 is 1.33 bits per heavy atom. The van der Waals surface area contributed by atoms with Crippen LogP contribution in [0.5, 0.6) is 0 Å². The molecule has 0 aromatic heterocycles. The van der Waals surface area contributed by atoms with Gasteiger partial charge in [0.15, 0.2) is 6.73 Å². The summed E-state index contributed by atoms with van der Waals surface area (Å²) in [5.74, 6) is 0.243. The van der Waals surface area contributed by atoms with Crippen molar-refractivity contribution >= 4 is 11.7 Å². The van der Waals surface area contributed by atoms with Crippen molar-refractivity contribution in [2.75, 3.05) is 25.2 Å². The number of benzene rings is 1. The Bertz CT molecular complexity index is 699. The maximum atomic E-state index is 12.6. The first-order valence-electron chi connectivity index (χ1n) is 9.00. The number of carbonyl (C=O) groups is 1. The normalized spacial score (nSPS) is 18.0. The summed E-state index contributed by atoms with van der Waals surface area (Å²) in [6.07, 6.45) is -1.03. The van der Waals surface area contributed by atoms with Gasteiger partial charge in [-0.2, -0.15) is 13.2 Å². The lowest BCUT2D eigenvalue weighted by Gasteiger charge is -2.20. The van der Waals surface area contributed by atoms with E-state index in [2.05, 4.69) is 17.0 Å². The molecule has 1 aliphatic carbocycles. The van der Waals surface area contributed by atoms with Crippen LogP contribution in [0.15, 0.2) is 36.2 Å². The summed E-state index contributed by atoms with van der Waals surface area (Å²) in [5.41, 5.74) is 1.50. The highest BCUT2D eigenvalue weighted by molar-refractivity contribution is 5.73. The Morgan fingerprint density at radius 2 is 2.00 bits per heavy atom. The van der Waals surface area contributed by atoms with Crippen LogP contribution in [-0.2, 0) is 11.3 Å². The predicted molar refractivity (Wildman–Crippen MR) is 95.8 cm³/mol. The van der Waals surface area contributed by atoms with Gasteiger partial charge in [-0.25, -0.2) is 4.79 Å². The summed E-state index contributed by atoms with van der Waals surface area (Å²) in [5, 5.41) is 2.95. The molecule has 1 aromatic rings. The number of nitrogens with one attached hydrogen (secondary N) is 1. The lowest BCUT2D eigenvalue weighted by molar-refractivity contribution is -0.126. The number of halogens is 3. The van der Waals surface area contributed by atoms with Crippen molar-refractivity contribution in [2.24, 2.45) is 11.8 Å². The first kappa shape index (κ1) is 19.4. The van der Waals surface area contributed by atoms with E-state index in [1.165, 1.54) is 17.7 Å². The van der Waals surface area contributed by atoms with E-state index in [9.17, 15) is 18.0 Å². The third kappa shape index (κ3) is 5.08. The van der Waals surface area contributed by atoms with Gasteiger partial charge >= 0.3 is 12.2 Å². The third-order valence-corrected chi connectivity index (χ3v) is 4.95. The van der Waals surface area contributed by atoms with E-state index in [-0.39, 0.29) is 12.8 Å². The van der Waals surface area contributed by atoms with Gasteiger partial charge in [-0.3, -0.25) is 0 Å². The molecule has 148 valence electrons. The molecule has 0 radical (unpaired) electrons. The summed E-state index contributed by atoms with van der Waals surface area (Å²) < 4.78 is 42.6. The Kier molecular flexibility index (Phi) is 5.53. The number of ether oxygens (including phenoxy) is 1. The molecule has 27 heavy (non-hydrogen) atoms. The number of alkyl halides is 3. The van der Waals surface area contributed by atoms with Crippen molar-refractivity contribution in [2.45, 2.75) is 32.5 Å². The second kappa shape index (κ2) is 7.70. The molecule has 1 unspecified atom stereocenters. The van der Waals surface area contributed by atoms with E-state index in [1.54, 1.807) is 36.2 Å². The van der Waals surface area contributed by atoms with Crippen LogP contribution >= 0.6 is 0 Å². The summed E-state index contributed by atoms with van der Waals surface area (Å²) in [4.78, 5) is 15.2. The first-order valence-corrected chi connectivity index (χ1v) is 9.00. The standard InChI is InChI=1S/C19H24F3N3O2/c1-13(15-5-6-15)9-23-18(26)24(2)10-14-3-7-16(8-4-14)25-11-17(27-12-25)19(20,21)22/h3-4,7-8,11,13,15H,5-6,9-10,12H2,1-2H3,(H,23,26). The highest BCUT2D eigenvalue weighted by atomic mass is 19.4. The zero-order valence-electron chi connectivity index (χ0n) is 15.4. The van der Waals surface area contributed by atoms with Crippen LogP contribution in [0.4, 0.5) is 23.7 Å². The lowest BCUT2D eigenvalue weighted by atomic mass is 10.1. The fraction of sp³-hybridized carbons (Fsp3) is 0.526. The Morgan fingerprint density at radius 3 is 2.56 bits per heavy atom. The molecule has 8 heteroatoms. The number of rotatable bonds is 6. The van der Waals surface area contributed by atoms with Crippen LogP contribution in [0.1, 0.15) is 25.3 Å². The molecule has 1 heterocycles. The van der Waals surface area contributed by atoms with Gasteiger partial charge in [0.05, 0.1) is 6.20 Å². The molecule has 1 saturated carbocycles. The monoisotopic (exact) mass is 383 g/mol. The quantitative estimate of drug-likeness (QED) is 0.805. The Hall–Kier alpha value is -2.38. The fourth-order valence-electron chi connectivity index (χ4n) is 3.01. The number of amides is 2. The molecule has 1 fully saturated rings. The lowest BCUT2D eigenvalue weighted by Crippen LogP contribution is -2.39. The van der Waals surface area contributed by atoms with Crippen LogP contribution in [0.3, 0.4) is 0 Å². The van der Waals surface area contributed by atoms with Crippen molar-refractivity contribution in [3.63, 3.8) is 0 Å². The fourth-order valence-corrected chi connectivity index (χ4v) is 3.01. The summed E-state index contributed by atoms with van der Waals surface area (Å²) in [7, 11) is 1.72. The number of carbonyl (C=O) groups excluding carboxylic acids is 1. The van der Waals surface area contributed by atoms with Gasteiger partial charge in [-0.1, -0.05) is 19.1 Å². The molecule has 3 rings (SSSR count). The highest BCUT2D eigenvalue weighted by Gasteiger charge is 2.39. The number of hydrogen-bond acceptors (Lipinski definition) is 3. The van der Waals surface area contributed by atoms with E-state index in [1.807, 2.05) is 0 Å². The Labute approximate surface area is 156 Å². The SMILES string of the molecule is CC(CNC(=O)N(C)Cc1ccc(N2C=C(C(F)(F)F)OC2)cc1)C1CC1. The molecular weight excluding hydrogens is 359 g/mol. The van der Waals surface area contributed by atoms with Crippen molar-refractivity contribution in [1.82, 2.24) is 10.2 Å². The molecule has 1 N–H and O–H groups in total. The van der Waals surface area contributed by atoms with Crippen LogP contribution in [0, 0.1) is 11.8 Å². The second-order valence-electron chi connectivity index (χ2n) is 7.26. The minimum Gasteiger partial charge on any atom is -0.466 e. The van der Waals surface area contributed by atoms with Crippen molar-refractivity contribution in [3.05, 3.63) is 41.8 Å². The van der Waals surface area contributed by atoms with Crippen LogP contribution in [-0.4, -0.2) is 37.4 Å². The molecular formula is C19H24F3N3O2. The van der Waals surface area contributed by atoms with E-state index < -0.39 is 11.9 Å². The number of nitrogens with zero attached hydrogens (tertiary/aromatic N) is 2. The van der Waals surface area contributed by atoms with Crippen molar-refractivity contribution in [3.8, 4) is 0 Å². The van der Waals surface area contributed by atoms with Gasteiger partial charge < -0.3 is 19.9 Å². The minimum atomic E-state index is -4.48. The smallest absolute Gasteiger partial charge is 0.450 e. The van der Waals surface area contributed by atoms with E-state index in [0.717, 1.165) is 17.7 Å². The molecule has 2 aliphatic rings. The molecule has 0 spiro atoms. The topological polar surface area (TPSA) is 44.8 Å². The molecule has 5 nitrogen and oxygen atoms in total. The maximum Gasteiger partial charge on any atom is 0.450 e. The maximum absolute atomic E-state index is 12.6. The minimum absolute atomic E-state index is 0.128. The molecule has 1 aliphatic heterocycles. The van der Waals surface area contributed by atoms with Gasteiger partial charge in [0.25, 0.3) is 0 Å². The second-order valence-corrected chi connectivity index (χ2v) is 7.26. The van der Waals surface area contributed by atoms with Crippen molar-refractivity contribution < 1.29 is 22.7 Å². The summed E-state index contributed by atoms with van der Waals surface area (Å²) in [6.45, 7) is 3.08. The molecule has 1 aromatic carbocycles. The molecule has 1 atom stereocenters. The van der Waals surface area contributed by atoms with Gasteiger partial charge in [0.1, 0.15) is 0 Å². The predicted octanol–water partition coefficient (Wildman–Crippen LogP) is 4.07. The summed E-state index contributed by atoms with van der Waals surface area (Å²) >= 11 is 0. The molecule has 2 amide bonds.